The van der Waals surface area contributed by atoms with E-state index in [4.69, 9.17) is 0 Å². The topological polar surface area (TPSA) is 0 Å². The molecule has 0 radical (unpaired) electrons. The summed E-state index contributed by atoms with van der Waals surface area (Å²) in [4.78, 5) is 0. The number of piperidine rings is 2. The average molecular weight is 295 g/mol. The van der Waals surface area contributed by atoms with Gasteiger partial charge in [0.05, 0.1) is 25.7 Å². The smallest absolute Gasteiger partial charge is 0.0890 e. The number of rotatable bonds is 1. The van der Waals surface area contributed by atoms with Crippen LogP contribution in [-0.2, 0) is 0 Å². The van der Waals surface area contributed by atoms with E-state index in [2.05, 4.69) is 14.0 Å². The Morgan fingerprint density at radius 2 is 1.38 bits per heavy atom. The molecule has 0 aliphatic carbocycles. The highest BCUT2D eigenvalue weighted by Crippen LogP contribution is 2.38. The van der Waals surface area contributed by atoms with Crippen LogP contribution in [0.25, 0.3) is 0 Å². The van der Waals surface area contributed by atoms with Crippen LogP contribution in [-0.4, -0.2) is 30.2 Å². The van der Waals surface area contributed by atoms with E-state index < -0.39 is 0 Å². The minimum Gasteiger partial charge on any atom is -1.00 e. The molecule has 0 saturated carbocycles. The molecule has 2 fully saturated rings. The van der Waals surface area contributed by atoms with Crippen LogP contribution in [0.4, 0.5) is 0 Å². The molecule has 2 rings (SSSR count). The third-order valence-electron chi connectivity index (χ3n) is 4.50. The number of hydrogen-bond acceptors (Lipinski definition) is 0. The molecule has 0 aromatic carbocycles. The number of quaternary nitrogens is 1. The molecule has 0 unspecified atom stereocenters. The Kier molecular flexibility index (Phi) is 4.05. The van der Waals surface area contributed by atoms with Crippen molar-refractivity contribution in [1.29, 1.82) is 0 Å². The highest BCUT2D eigenvalue weighted by Gasteiger charge is 2.44. The second-order valence-electron chi connectivity index (χ2n) is 4.83. The quantitative estimate of drug-likeness (QED) is 0.455. The molecular formula is C11H22IN. The fourth-order valence-electron chi connectivity index (χ4n) is 3.46. The summed E-state index contributed by atoms with van der Waals surface area (Å²) < 4.78 is 1.40. The van der Waals surface area contributed by atoms with Crippen LogP contribution in [0.15, 0.2) is 0 Å². The van der Waals surface area contributed by atoms with Gasteiger partial charge in [0, 0.05) is 0 Å². The Bertz CT molecular complexity index is 147. The molecule has 13 heavy (non-hydrogen) atoms. The van der Waals surface area contributed by atoms with Crippen molar-refractivity contribution < 1.29 is 28.5 Å². The van der Waals surface area contributed by atoms with E-state index in [9.17, 15) is 0 Å². The summed E-state index contributed by atoms with van der Waals surface area (Å²) in [5, 5.41) is 0. The van der Waals surface area contributed by atoms with Gasteiger partial charge in [-0.3, -0.25) is 0 Å². The first-order chi connectivity index (χ1) is 5.77. The van der Waals surface area contributed by atoms with Crippen molar-refractivity contribution >= 4 is 0 Å². The van der Waals surface area contributed by atoms with E-state index in [0.717, 1.165) is 12.1 Å². The van der Waals surface area contributed by atoms with E-state index in [1.54, 1.807) is 0 Å². The van der Waals surface area contributed by atoms with Gasteiger partial charge in [0.25, 0.3) is 0 Å². The molecule has 2 saturated heterocycles. The van der Waals surface area contributed by atoms with Crippen molar-refractivity contribution in [3.63, 3.8) is 0 Å². The maximum Gasteiger partial charge on any atom is 0.0890 e. The Balaban J connectivity index is 0.000000845. The Morgan fingerprint density at radius 1 is 1.00 bits per heavy atom. The van der Waals surface area contributed by atoms with Crippen LogP contribution >= 0.6 is 0 Å². The summed E-state index contributed by atoms with van der Waals surface area (Å²) in [5.74, 6) is 0. The van der Waals surface area contributed by atoms with Crippen LogP contribution in [0, 0.1) is 0 Å². The van der Waals surface area contributed by atoms with Gasteiger partial charge in [-0.2, -0.15) is 0 Å². The monoisotopic (exact) mass is 295 g/mol. The normalized spacial score (nSPS) is 43.8. The van der Waals surface area contributed by atoms with Crippen LogP contribution in [0.5, 0.6) is 0 Å². The predicted molar refractivity (Wildman–Crippen MR) is 52.0 cm³/mol. The highest BCUT2D eigenvalue weighted by atomic mass is 127. The van der Waals surface area contributed by atoms with E-state index in [1.165, 1.54) is 49.6 Å². The average Bonchev–Trinajstić information content (AvgIpc) is 2.03. The zero-order valence-corrected chi connectivity index (χ0v) is 11.1. The van der Waals surface area contributed by atoms with Crippen molar-refractivity contribution in [2.24, 2.45) is 0 Å². The summed E-state index contributed by atoms with van der Waals surface area (Å²) in [7, 11) is 2.49. The summed E-state index contributed by atoms with van der Waals surface area (Å²) in [6.45, 7) is 3.73. The third kappa shape index (κ3) is 1.89. The lowest BCUT2D eigenvalue weighted by Crippen LogP contribution is -3.00. The first-order valence-corrected chi connectivity index (χ1v) is 5.62. The lowest BCUT2D eigenvalue weighted by molar-refractivity contribution is -0.965. The van der Waals surface area contributed by atoms with Gasteiger partial charge in [-0.25, -0.2) is 0 Å². The fraction of sp³-hybridized carbons (Fsp3) is 1.00. The molecule has 2 heteroatoms. The van der Waals surface area contributed by atoms with Crippen LogP contribution in [0.1, 0.15) is 45.4 Å². The second kappa shape index (κ2) is 4.47. The largest absolute Gasteiger partial charge is 1.00 e. The minimum absolute atomic E-state index is 0. The molecular weight excluding hydrogens is 273 g/mol. The lowest BCUT2D eigenvalue weighted by Gasteiger charge is -2.53. The standard InChI is InChI=1S/C11H22N.HI/c1-3-12(2)10-6-4-7-11(12)9-5-8-10;/h10-11H,3-9H2,1-2H3;1H/q+1;/p-1. The van der Waals surface area contributed by atoms with Gasteiger partial charge in [-0.1, -0.05) is 0 Å². The molecule has 2 aliphatic heterocycles. The van der Waals surface area contributed by atoms with Crippen LogP contribution in [0.2, 0.25) is 0 Å². The first kappa shape index (κ1) is 11.8. The van der Waals surface area contributed by atoms with Gasteiger partial charge in [0.2, 0.25) is 0 Å². The van der Waals surface area contributed by atoms with E-state index in [0.29, 0.717) is 0 Å². The molecule has 2 heterocycles. The Morgan fingerprint density at radius 3 is 1.62 bits per heavy atom. The summed E-state index contributed by atoms with van der Waals surface area (Å²) >= 11 is 0. The van der Waals surface area contributed by atoms with Crippen molar-refractivity contribution in [1.82, 2.24) is 0 Å². The molecule has 0 aromatic heterocycles. The molecule has 1 nitrogen and oxygen atoms in total. The minimum atomic E-state index is 0. The number of halogens is 1. The number of hydrogen-bond donors (Lipinski definition) is 0. The highest BCUT2D eigenvalue weighted by molar-refractivity contribution is 4.78. The van der Waals surface area contributed by atoms with Gasteiger partial charge >= 0.3 is 0 Å². The molecule has 2 bridgehead atoms. The number of nitrogens with zero attached hydrogens (tertiary/aromatic N) is 1. The van der Waals surface area contributed by atoms with Crippen molar-refractivity contribution in [2.75, 3.05) is 13.6 Å². The molecule has 78 valence electrons. The Hall–Kier alpha value is 0.690. The molecule has 0 aromatic rings. The summed E-state index contributed by atoms with van der Waals surface area (Å²) in [6.07, 6.45) is 9.01. The third-order valence-corrected chi connectivity index (χ3v) is 4.50. The molecule has 2 aliphatic rings. The maximum absolute atomic E-state index is 2.49. The van der Waals surface area contributed by atoms with E-state index >= 15 is 0 Å². The SMILES string of the molecule is CC[N+]1(C)C2CCCC1CCC2.[I-]. The van der Waals surface area contributed by atoms with Crippen molar-refractivity contribution in [3.05, 3.63) is 0 Å². The molecule has 0 amide bonds. The van der Waals surface area contributed by atoms with Crippen molar-refractivity contribution in [2.45, 2.75) is 57.5 Å². The van der Waals surface area contributed by atoms with Gasteiger partial charge in [0.15, 0.2) is 0 Å². The lowest BCUT2D eigenvalue weighted by atomic mass is 9.82. The Labute approximate surface area is 99.5 Å². The zero-order chi connectivity index (χ0) is 8.60. The van der Waals surface area contributed by atoms with Gasteiger partial charge in [0.1, 0.15) is 0 Å². The van der Waals surface area contributed by atoms with E-state index in [-0.39, 0.29) is 24.0 Å². The molecule has 0 spiro atoms. The second-order valence-corrected chi connectivity index (χ2v) is 4.83. The summed E-state index contributed by atoms with van der Waals surface area (Å²) in [5.41, 5.74) is 0. The molecule has 0 N–H and O–H groups in total. The molecule has 0 atom stereocenters. The maximum atomic E-state index is 2.49. The van der Waals surface area contributed by atoms with Crippen LogP contribution in [0.3, 0.4) is 0 Å². The number of fused-ring (bicyclic) bond motifs is 2. The van der Waals surface area contributed by atoms with Gasteiger partial charge in [-0.15, -0.1) is 0 Å². The zero-order valence-electron chi connectivity index (χ0n) is 8.93. The predicted octanol–water partition coefficient (Wildman–Crippen LogP) is -0.438. The first-order valence-electron chi connectivity index (χ1n) is 5.62. The van der Waals surface area contributed by atoms with Gasteiger partial charge < -0.3 is 28.5 Å². The van der Waals surface area contributed by atoms with Crippen LogP contribution < -0.4 is 24.0 Å². The summed E-state index contributed by atoms with van der Waals surface area (Å²) in [6, 6.07) is 2.03. The fourth-order valence-corrected chi connectivity index (χ4v) is 3.46. The van der Waals surface area contributed by atoms with Gasteiger partial charge in [-0.05, 0) is 45.4 Å². The van der Waals surface area contributed by atoms with E-state index in [1.807, 2.05) is 0 Å². The van der Waals surface area contributed by atoms with Crippen molar-refractivity contribution in [3.8, 4) is 0 Å².